The molecule has 0 saturated carbocycles. The summed E-state index contributed by atoms with van der Waals surface area (Å²) in [5.74, 6) is 0.975. The number of hydrogen-bond donors (Lipinski definition) is 0. The minimum Gasteiger partial charge on any atom is -0.353 e. The summed E-state index contributed by atoms with van der Waals surface area (Å²) in [5.41, 5.74) is 0.592. The van der Waals surface area contributed by atoms with E-state index in [0.717, 1.165) is 5.82 Å². The Morgan fingerprint density at radius 3 is 2.64 bits per heavy atom. The summed E-state index contributed by atoms with van der Waals surface area (Å²) in [5, 5.41) is 13.2. The predicted molar refractivity (Wildman–Crippen MR) is 91.6 cm³/mol. The molecule has 0 spiro atoms. The van der Waals surface area contributed by atoms with Crippen LogP contribution in [-0.4, -0.2) is 56.7 Å². The smallest absolute Gasteiger partial charge is 0.247 e. The zero-order valence-corrected chi connectivity index (χ0v) is 14.4. The molecule has 0 N–H and O–H groups in total. The van der Waals surface area contributed by atoms with Gasteiger partial charge in [-0.2, -0.15) is 10.4 Å². The van der Waals surface area contributed by atoms with Gasteiger partial charge in [-0.25, -0.2) is 14.6 Å². The normalized spacial score (nSPS) is 15.9. The average Bonchev–Trinajstić information content (AvgIpc) is 3.15. The molecule has 3 heterocycles. The molecular formula is C17H21N7O. The van der Waals surface area contributed by atoms with Crippen molar-refractivity contribution in [3.8, 4) is 6.07 Å². The molecule has 0 bridgehead atoms. The number of carbonyl (C=O) groups is 1. The lowest BCUT2D eigenvalue weighted by Crippen LogP contribution is -2.51. The van der Waals surface area contributed by atoms with E-state index in [1.54, 1.807) is 29.3 Å². The van der Waals surface area contributed by atoms with E-state index in [-0.39, 0.29) is 17.9 Å². The van der Waals surface area contributed by atoms with Crippen molar-refractivity contribution in [2.24, 2.45) is 5.92 Å². The van der Waals surface area contributed by atoms with Gasteiger partial charge in [0.2, 0.25) is 5.91 Å². The maximum absolute atomic E-state index is 12.9. The second-order valence-electron chi connectivity index (χ2n) is 6.39. The largest absolute Gasteiger partial charge is 0.353 e. The van der Waals surface area contributed by atoms with Crippen LogP contribution in [0.5, 0.6) is 0 Å². The summed E-state index contributed by atoms with van der Waals surface area (Å²) < 4.78 is 1.64. The Balaban J connectivity index is 1.67. The van der Waals surface area contributed by atoms with Crippen molar-refractivity contribution in [3.05, 3.63) is 36.5 Å². The Labute approximate surface area is 146 Å². The third-order valence-corrected chi connectivity index (χ3v) is 4.40. The van der Waals surface area contributed by atoms with Crippen LogP contribution >= 0.6 is 0 Å². The number of anilines is 1. The van der Waals surface area contributed by atoms with Crippen LogP contribution in [-0.2, 0) is 4.79 Å². The number of nitriles is 1. The first kappa shape index (κ1) is 16.9. The van der Waals surface area contributed by atoms with Gasteiger partial charge in [-0.15, -0.1) is 0 Å². The number of aromatic nitrogens is 4. The van der Waals surface area contributed by atoms with E-state index in [4.69, 9.17) is 5.26 Å². The molecule has 0 aliphatic carbocycles. The van der Waals surface area contributed by atoms with Gasteiger partial charge >= 0.3 is 0 Å². The SMILES string of the molecule is CC(C)[C@H](C(=O)N1CCN(c2cc(C#N)ccn2)CC1)n1cncn1. The van der Waals surface area contributed by atoms with Crippen molar-refractivity contribution in [2.45, 2.75) is 19.9 Å². The van der Waals surface area contributed by atoms with Crippen LogP contribution in [0.4, 0.5) is 5.82 Å². The monoisotopic (exact) mass is 339 g/mol. The molecule has 0 radical (unpaired) electrons. The van der Waals surface area contributed by atoms with Crippen molar-refractivity contribution >= 4 is 11.7 Å². The highest BCUT2D eigenvalue weighted by atomic mass is 16.2. The zero-order chi connectivity index (χ0) is 17.8. The van der Waals surface area contributed by atoms with Crippen LogP contribution in [0.3, 0.4) is 0 Å². The summed E-state index contributed by atoms with van der Waals surface area (Å²) in [6, 6.07) is 5.26. The Morgan fingerprint density at radius 1 is 1.28 bits per heavy atom. The maximum Gasteiger partial charge on any atom is 0.247 e. The van der Waals surface area contributed by atoms with E-state index in [1.807, 2.05) is 18.7 Å². The van der Waals surface area contributed by atoms with Gasteiger partial charge in [0.1, 0.15) is 24.5 Å². The molecule has 2 aromatic heterocycles. The fraction of sp³-hybridized carbons (Fsp3) is 0.471. The summed E-state index contributed by atoms with van der Waals surface area (Å²) in [6.45, 7) is 6.64. The minimum atomic E-state index is -0.339. The van der Waals surface area contributed by atoms with Crippen molar-refractivity contribution in [1.82, 2.24) is 24.6 Å². The van der Waals surface area contributed by atoms with E-state index in [1.165, 1.54) is 6.33 Å². The molecule has 1 amide bonds. The van der Waals surface area contributed by atoms with Crippen molar-refractivity contribution in [2.75, 3.05) is 31.1 Å². The van der Waals surface area contributed by atoms with Crippen molar-refractivity contribution in [1.29, 1.82) is 5.26 Å². The first-order chi connectivity index (χ1) is 12.1. The van der Waals surface area contributed by atoms with E-state index >= 15 is 0 Å². The van der Waals surface area contributed by atoms with Gasteiger partial charge in [-0.1, -0.05) is 13.8 Å². The van der Waals surface area contributed by atoms with Crippen LogP contribution in [0.25, 0.3) is 0 Å². The van der Waals surface area contributed by atoms with Gasteiger partial charge in [0.05, 0.1) is 11.6 Å². The number of nitrogens with zero attached hydrogens (tertiary/aromatic N) is 7. The van der Waals surface area contributed by atoms with Crippen molar-refractivity contribution in [3.63, 3.8) is 0 Å². The Morgan fingerprint density at radius 2 is 2.04 bits per heavy atom. The number of piperazine rings is 1. The number of pyridine rings is 1. The fourth-order valence-corrected chi connectivity index (χ4v) is 3.07. The zero-order valence-electron chi connectivity index (χ0n) is 14.4. The summed E-state index contributed by atoms with van der Waals surface area (Å²) in [4.78, 5) is 25.2. The fourth-order valence-electron chi connectivity index (χ4n) is 3.07. The standard InChI is InChI=1S/C17H21N7O/c1-13(2)16(24-12-19-11-21-24)17(25)23-7-5-22(6-8-23)15-9-14(10-18)3-4-20-15/h3-4,9,11-13,16H,5-8H2,1-2H3/t16-/m1/s1. The van der Waals surface area contributed by atoms with Gasteiger partial charge < -0.3 is 9.80 Å². The third kappa shape index (κ3) is 3.60. The lowest BCUT2D eigenvalue weighted by Gasteiger charge is -2.37. The number of rotatable bonds is 4. The molecule has 1 saturated heterocycles. The van der Waals surface area contributed by atoms with Crippen LogP contribution in [0.2, 0.25) is 0 Å². The Kier molecular flexibility index (Phi) is 4.93. The maximum atomic E-state index is 12.9. The molecule has 0 unspecified atom stereocenters. The molecule has 8 heteroatoms. The van der Waals surface area contributed by atoms with E-state index in [0.29, 0.717) is 31.7 Å². The highest BCUT2D eigenvalue weighted by Crippen LogP contribution is 2.21. The lowest BCUT2D eigenvalue weighted by atomic mass is 10.0. The number of hydrogen-bond acceptors (Lipinski definition) is 6. The molecule has 25 heavy (non-hydrogen) atoms. The van der Waals surface area contributed by atoms with Crippen LogP contribution < -0.4 is 4.90 Å². The molecule has 8 nitrogen and oxygen atoms in total. The van der Waals surface area contributed by atoms with Crippen LogP contribution in [0.1, 0.15) is 25.5 Å². The quantitative estimate of drug-likeness (QED) is 0.828. The molecule has 1 aliphatic rings. The Bertz CT molecular complexity index is 758. The molecule has 2 aromatic rings. The molecule has 130 valence electrons. The van der Waals surface area contributed by atoms with E-state index < -0.39 is 0 Å². The molecule has 3 rings (SSSR count). The average molecular weight is 339 g/mol. The third-order valence-electron chi connectivity index (χ3n) is 4.40. The van der Waals surface area contributed by atoms with Gasteiger partial charge in [-0.3, -0.25) is 4.79 Å². The molecular weight excluding hydrogens is 318 g/mol. The highest BCUT2D eigenvalue weighted by Gasteiger charge is 2.31. The molecule has 1 fully saturated rings. The van der Waals surface area contributed by atoms with E-state index in [2.05, 4.69) is 26.0 Å². The second-order valence-corrected chi connectivity index (χ2v) is 6.39. The predicted octanol–water partition coefficient (Wildman–Crippen LogP) is 1.09. The summed E-state index contributed by atoms with van der Waals surface area (Å²) in [7, 11) is 0. The number of amides is 1. The first-order valence-electron chi connectivity index (χ1n) is 8.34. The van der Waals surface area contributed by atoms with Gasteiger partial charge in [0.25, 0.3) is 0 Å². The minimum absolute atomic E-state index is 0.0684. The summed E-state index contributed by atoms with van der Waals surface area (Å²) in [6.07, 6.45) is 4.69. The Hall–Kier alpha value is -2.95. The van der Waals surface area contributed by atoms with Gasteiger partial charge in [0, 0.05) is 32.4 Å². The van der Waals surface area contributed by atoms with Crippen molar-refractivity contribution < 1.29 is 4.79 Å². The second kappa shape index (κ2) is 7.30. The van der Waals surface area contributed by atoms with E-state index in [9.17, 15) is 4.79 Å². The number of carbonyl (C=O) groups excluding carboxylic acids is 1. The highest BCUT2D eigenvalue weighted by molar-refractivity contribution is 5.81. The first-order valence-corrected chi connectivity index (χ1v) is 8.34. The molecule has 0 aromatic carbocycles. The van der Waals surface area contributed by atoms with Gasteiger partial charge in [0.15, 0.2) is 0 Å². The summed E-state index contributed by atoms with van der Waals surface area (Å²) >= 11 is 0. The van der Waals surface area contributed by atoms with Crippen LogP contribution in [0.15, 0.2) is 31.0 Å². The topological polar surface area (TPSA) is 90.9 Å². The lowest BCUT2D eigenvalue weighted by molar-refractivity contribution is -0.136. The van der Waals surface area contributed by atoms with Crippen LogP contribution in [0, 0.1) is 17.2 Å². The molecule has 1 aliphatic heterocycles. The molecule has 1 atom stereocenters. The van der Waals surface area contributed by atoms with Gasteiger partial charge in [-0.05, 0) is 18.1 Å².